The number of thioether (sulfide) groups is 1. The standard InChI is InChI=1S/C24H28N4O4S/c1-4-28(5-2)18-12-10-17(11-13-18)23-25-26-24(32-23)33-16-22(29)27(3)14-19-15-30-20-8-6-7-9-21(20)31-19/h6-13,19H,4-5,14-16H2,1-3H3. The van der Waals surface area contributed by atoms with E-state index in [1.165, 1.54) is 11.8 Å². The van der Waals surface area contributed by atoms with Gasteiger partial charge in [-0.05, 0) is 50.2 Å². The number of para-hydroxylation sites is 2. The number of carbonyl (C=O) groups is 1. The van der Waals surface area contributed by atoms with Crippen molar-refractivity contribution in [2.45, 2.75) is 25.2 Å². The lowest BCUT2D eigenvalue weighted by Gasteiger charge is -2.29. The van der Waals surface area contributed by atoms with E-state index in [9.17, 15) is 4.79 Å². The summed E-state index contributed by atoms with van der Waals surface area (Å²) in [5.74, 6) is 2.02. The van der Waals surface area contributed by atoms with Crippen LogP contribution < -0.4 is 14.4 Å². The monoisotopic (exact) mass is 468 g/mol. The molecule has 4 rings (SSSR count). The molecule has 0 saturated carbocycles. The predicted molar refractivity (Wildman–Crippen MR) is 128 cm³/mol. The molecule has 0 bridgehead atoms. The second kappa shape index (κ2) is 10.6. The molecule has 0 N–H and O–H groups in total. The van der Waals surface area contributed by atoms with Crippen molar-refractivity contribution in [1.29, 1.82) is 0 Å². The van der Waals surface area contributed by atoms with Crippen molar-refractivity contribution < 1.29 is 18.7 Å². The van der Waals surface area contributed by atoms with E-state index >= 15 is 0 Å². The fourth-order valence-electron chi connectivity index (χ4n) is 3.58. The van der Waals surface area contributed by atoms with Crippen molar-refractivity contribution in [3.05, 3.63) is 48.5 Å². The van der Waals surface area contributed by atoms with Crippen LogP contribution >= 0.6 is 11.8 Å². The molecule has 0 aliphatic carbocycles. The summed E-state index contributed by atoms with van der Waals surface area (Å²) >= 11 is 1.23. The molecule has 2 aromatic carbocycles. The van der Waals surface area contributed by atoms with Crippen molar-refractivity contribution in [3.8, 4) is 23.0 Å². The number of ether oxygens (including phenoxy) is 2. The van der Waals surface area contributed by atoms with Gasteiger partial charge in [0.1, 0.15) is 6.61 Å². The highest BCUT2D eigenvalue weighted by molar-refractivity contribution is 7.99. The Morgan fingerprint density at radius 2 is 1.79 bits per heavy atom. The molecule has 1 unspecified atom stereocenters. The van der Waals surface area contributed by atoms with Gasteiger partial charge in [-0.2, -0.15) is 0 Å². The molecule has 9 heteroatoms. The van der Waals surface area contributed by atoms with E-state index in [2.05, 4.69) is 28.9 Å². The molecular formula is C24H28N4O4S. The van der Waals surface area contributed by atoms with Gasteiger partial charge in [-0.15, -0.1) is 10.2 Å². The summed E-state index contributed by atoms with van der Waals surface area (Å²) in [5.41, 5.74) is 2.01. The largest absolute Gasteiger partial charge is 0.486 e. The molecule has 1 aliphatic rings. The van der Waals surface area contributed by atoms with Gasteiger partial charge in [-0.25, -0.2) is 0 Å². The number of hydrogen-bond acceptors (Lipinski definition) is 8. The zero-order valence-corrected chi connectivity index (χ0v) is 19.9. The van der Waals surface area contributed by atoms with Crippen molar-refractivity contribution in [2.75, 3.05) is 43.9 Å². The van der Waals surface area contributed by atoms with Crippen LogP contribution in [0.5, 0.6) is 11.5 Å². The lowest BCUT2D eigenvalue weighted by molar-refractivity contribution is -0.128. The third-order valence-electron chi connectivity index (χ3n) is 5.44. The summed E-state index contributed by atoms with van der Waals surface area (Å²) < 4.78 is 17.4. The van der Waals surface area contributed by atoms with Gasteiger partial charge in [0.2, 0.25) is 11.8 Å². The highest BCUT2D eigenvalue weighted by Crippen LogP contribution is 2.31. The first-order valence-electron chi connectivity index (χ1n) is 11.0. The molecule has 1 aliphatic heterocycles. The Hall–Kier alpha value is -3.20. The first kappa shape index (κ1) is 23.0. The zero-order valence-electron chi connectivity index (χ0n) is 19.1. The zero-order chi connectivity index (χ0) is 23.2. The number of hydrogen-bond donors (Lipinski definition) is 0. The second-order valence-electron chi connectivity index (χ2n) is 7.65. The van der Waals surface area contributed by atoms with Gasteiger partial charge in [-0.1, -0.05) is 23.9 Å². The van der Waals surface area contributed by atoms with Crippen LogP contribution in [0.3, 0.4) is 0 Å². The van der Waals surface area contributed by atoms with E-state index in [1.54, 1.807) is 11.9 Å². The third kappa shape index (κ3) is 5.60. The maximum atomic E-state index is 12.6. The first-order valence-corrected chi connectivity index (χ1v) is 12.0. The summed E-state index contributed by atoms with van der Waals surface area (Å²) in [6.07, 6.45) is -0.215. The smallest absolute Gasteiger partial charge is 0.277 e. The molecule has 1 amide bonds. The topological polar surface area (TPSA) is 80.9 Å². The van der Waals surface area contributed by atoms with Crippen LogP contribution in [0.15, 0.2) is 58.2 Å². The number of benzene rings is 2. The highest BCUT2D eigenvalue weighted by atomic mass is 32.2. The van der Waals surface area contributed by atoms with Gasteiger partial charge in [-0.3, -0.25) is 4.79 Å². The van der Waals surface area contributed by atoms with Crippen LogP contribution in [-0.4, -0.2) is 66.2 Å². The molecule has 33 heavy (non-hydrogen) atoms. The second-order valence-corrected chi connectivity index (χ2v) is 8.58. The fourth-order valence-corrected chi connectivity index (χ4v) is 4.29. The maximum absolute atomic E-state index is 12.6. The number of anilines is 1. The minimum atomic E-state index is -0.215. The first-order chi connectivity index (χ1) is 16.1. The van der Waals surface area contributed by atoms with Gasteiger partial charge in [0, 0.05) is 31.4 Å². The molecule has 0 saturated heterocycles. The summed E-state index contributed by atoms with van der Waals surface area (Å²) in [4.78, 5) is 16.5. The minimum absolute atomic E-state index is 0.0502. The van der Waals surface area contributed by atoms with Gasteiger partial charge in [0.15, 0.2) is 17.6 Å². The number of aromatic nitrogens is 2. The lowest BCUT2D eigenvalue weighted by atomic mass is 10.2. The van der Waals surface area contributed by atoms with E-state index in [-0.39, 0.29) is 17.8 Å². The van der Waals surface area contributed by atoms with Crippen molar-refractivity contribution in [2.24, 2.45) is 0 Å². The van der Waals surface area contributed by atoms with Crippen molar-refractivity contribution >= 4 is 23.4 Å². The number of fused-ring (bicyclic) bond motifs is 1. The molecule has 1 aromatic heterocycles. The third-order valence-corrected chi connectivity index (χ3v) is 6.24. The van der Waals surface area contributed by atoms with Gasteiger partial charge < -0.3 is 23.7 Å². The Morgan fingerprint density at radius 3 is 2.52 bits per heavy atom. The van der Waals surface area contributed by atoms with E-state index in [0.29, 0.717) is 30.0 Å². The Balaban J connectivity index is 1.28. The average Bonchev–Trinajstić information content (AvgIpc) is 3.33. The summed E-state index contributed by atoms with van der Waals surface area (Å²) in [6.45, 7) is 7.00. The molecule has 3 aromatic rings. The maximum Gasteiger partial charge on any atom is 0.277 e. The molecule has 174 valence electrons. The fraction of sp³-hybridized carbons (Fsp3) is 0.375. The Morgan fingerprint density at radius 1 is 1.06 bits per heavy atom. The Labute approximate surface area is 197 Å². The Kier molecular flexibility index (Phi) is 7.39. The molecule has 8 nitrogen and oxygen atoms in total. The number of amides is 1. The van der Waals surface area contributed by atoms with Crippen LogP contribution in [0, 0.1) is 0 Å². The lowest BCUT2D eigenvalue weighted by Crippen LogP contribution is -2.42. The highest BCUT2D eigenvalue weighted by Gasteiger charge is 2.24. The van der Waals surface area contributed by atoms with Gasteiger partial charge in [0.25, 0.3) is 5.22 Å². The number of rotatable bonds is 9. The van der Waals surface area contributed by atoms with Gasteiger partial charge >= 0.3 is 0 Å². The SMILES string of the molecule is CCN(CC)c1ccc(-c2nnc(SCC(=O)N(C)CC3COc4ccccc4O3)o2)cc1. The van der Waals surface area contributed by atoms with E-state index in [1.807, 2.05) is 48.5 Å². The van der Waals surface area contributed by atoms with Crippen LogP contribution in [-0.2, 0) is 4.79 Å². The van der Waals surface area contributed by atoms with E-state index < -0.39 is 0 Å². The van der Waals surface area contributed by atoms with Crippen LogP contribution in [0.2, 0.25) is 0 Å². The molecule has 0 fully saturated rings. The van der Waals surface area contributed by atoms with Crippen LogP contribution in [0.4, 0.5) is 5.69 Å². The van der Waals surface area contributed by atoms with E-state index in [0.717, 1.165) is 30.1 Å². The predicted octanol–water partition coefficient (Wildman–Crippen LogP) is 3.97. The summed E-state index contributed by atoms with van der Waals surface area (Å²) in [7, 11) is 1.75. The minimum Gasteiger partial charge on any atom is -0.486 e. The average molecular weight is 469 g/mol. The number of likely N-dealkylation sites (N-methyl/N-ethyl adjacent to an activating group) is 1. The Bertz CT molecular complexity index is 1070. The molecular weight excluding hydrogens is 440 g/mol. The van der Waals surface area contributed by atoms with Crippen molar-refractivity contribution in [3.63, 3.8) is 0 Å². The molecule has 0 spiro atoms. The molecule has 2 heterocycles. The molecule has 0 radical (unpaired) electrons. The van der Waals surface area contributed by atoms with Crippen molar-refractivity contribution in [1.82, 2.24) is 15.1 Å². The molecule has 1 atom stereocenters. The normalized spacial score (nSPS) is 14.7. The van der Waals surface area contributed by atoms with E-state index in [4.69, 9.17) is 13.9 Å². The van der Waals surface area contributed by atoms with Crippen LogP contribution in [0.25, 0.3) is 11.5 Å². The quantitative estimate of drug-likeness (QED) is 0.437. The number of carbonyl (C=O) groups excluding carboxylic acids is 1. The number of nitrogens with zero attached hydrogens (tertiary/aromatic N) is 4. The summed E-state index contributed by atoms with van der Waals surface area (Å²) in [5, 5.41) is 8.57. The summed E-state index contributed by atoms with van der Waals surface area (Å²) in [6, 6.07) is 15.6. The van der Waals surface area contributed by atoms with Gasteiger partial charge in [0.05, 0.1) is 12.3 Å². The van der Waals surface area contributed by atoms with Crippen LogP contribution in [0.1, 0.15) is 13.8 Å².